The SMILES string of the molecule is CN=C(NCCCc1cnn(C)c1)NCC1(CCOC)CCC1. The topological polar surface area (TPSA) is 63.5 Å². The van der Waals surface area contributed by atoms with Gasteiger partial charge in [0.25, 0.3) is 0 Å². The Morgan fingerprint density at radius 2 is 2.26 bits per heavy atom. The number of aryl methyl sites for hydroxylation is 2. The van der Waals surface area contributed by atoms with Crippen LogP contribution < -0.4 is 10.6 Å². The first-order valence-corrected chi connectivity index (χ1v) is 8.58. The Labute approximate surface area is 139 Å². The molecule has 1 heterocycles. The van der Waals surface area contributed by atoms with Crippen LogP contribution in [0.5, 0.6) is 0 Å². The van der Waals surface area contributed by atoms with E-state index >= 15 is 0 Å². The minimum atomic E-state index is 0.406. The molecule has 6 nitrogen and oxygen atoms in total. The lowest BCUT2D eigenvalue weighted by Gasteiger charge is -2.42. The first-order valence-electron chi connectivity index (χ1n) is 8.58. The lowest BCUT2D eigenvalue weighted by atomic mass is 9.67. The maximum absolute atomic E-state index is 5.25. The van der Waals surface area contributed by atoms with E-state index in [0.29, 0.717) is 5.41 Å². The summed E-state index contributed by atoms with van der Waals surface area (Å²) in [5.74, 6) is 0.903. The van der Waals surface area contributed by atoms with Crippen LogP contribution in [-0.2, 0) is 18.2 Å². The lowest BCUT2D eigenvalue weighted by molar-refractivity contribution is 0.0732. The summed E-state index contributed by atoms with van der Waals surface area (Å²) in [7, 11) is 5.56. The fourth-order valence-corrected chi connectivity index (χ4v) is 3.10. The van der Waals surface area contributed by atoms with Gasteiger partial charge in [-0.2, -0.15) is 5.10 Å². The molecular weight excluding hydrogens is 290 g/mol. The van der Waals surface area contributed by atoms with Gasteiger partial charge in [0.15, 0.2) is 5.96 Å². The highest BCUT2D eigenvalue weighted by molar-refractivity contribution is 5.79. The van der Waals surface area contributed by atoms with E-state index in [1.807, 2.05) is 25.0 Å². The van der Waals surface area contributed by atoms with Gasteiger partial charge < -0.3 is 15.4 Å². The number of hydrogen-bond acceptors (Lipinski definition) is 3. The fourth-order valence-electron chi connectivity index (χ4n) is 3.10. The highest BCUT2D eigenvalue weighted by atomic mass is 16.5. The van der Waals surface area contributed by atoms with Gasteiger partial charge >= 0.3 is 0 Å². The van der Waals surface area contributed by atoms with Crippen molar-refractivity contribution < 1.29 is 4.74 Å². The molecule has 0 aromatic carbocycles. The number of nitrogens with zero attached hydrogens (tertiary/aromatic N) is 3. The average molecular weight is 321 g/mol. The summed E-state index contributed by atoms with van der Waals surface area (Å²) in [6, 6.07) is 0. The Morgan fingerprint density at radius 1 is 1.43 bits per heavy atom. The number of rotatable bonds is 9. The summed E-state index contributed by atoms with van der Waals surface area (Å²) < 4.78 is 7.10. The third-order valence-electron chi connectivity index (χ3n) is 4.80. The van der Waals surface area contributed by atoms with Crippen molar-refractivity contribution in [3.63, 3.8) is 0 Å². The quantitative estimate of drug-likeness (QED) is 0.413. The van der Waals surface area contributed by atoms with E-state index in [0.717, 1.165) is 44.9 Å². The summed E-state index contributed by atoms with van der Waals surface area (Å²) >= 11 is 0. The molecule has 1 aromatic heterocycles. The fraction of sp³-hybridized carbons (Fsp3) is 0.765. The molecule has 1 aromatic rings. The maximum atomic E-state index is 5.25. The molecule has 2 rings (SSSR count). The van der Waals surface area contributed by atoms with Crippen LogP contribution in [0.15, 0.2) is 17.4 Å². The molecule has 1 fully saturated rings. The molecule has 2 N–H and O–H groups in total. The molecule has 130 valence electrons. The molecule has 0 spiro atoms. The Balaban J connectivity index is 1.65. The van der Waals surface area contributed by atoms with Gasteiger partial charge in [0.05, 0.1) is 6.20 Å². The zero-order chi connectivity index (χ0) is 16.5. The molecule has 0 radical (unpaired) electrons. The molecule has 0 unspecified atom stereocenters. The number of hydrogen-bond donors (Lipinski definition) is 2. The summed E-state index contributed by atoms with van der Waals surface area (Å²) in [5.41, 5.74) is 1.69. The van der Waals surface area contributed by atoms with E-state index in [-0.39, 0.29) is 0 Å². The van der Waals surface area contributed by atoms with Gasteiger partial charge in [0, 0.05) is 47.1 Å². The summed E-state index contributed by atoms with van der Waals surface area (Å²) in [4.78, 5) is 4.33. The summed E-state index contributed by atoms with van der Waals surface area (Å²) in [6.45, 7) is 2.75. The predicted octanol–water partition coefficient (Wildman–Crippen LogP) is 1.72. The predicted molar refractivity (Wildman–Crippen MR) is 93.7 cm³/mol. The van der Waals surface area contributed by atoms with E-state index in [4.69, 9.17) is 4.74 Å². The molecule has 0 bridgehead atoms. The molecule has 6 heteroatoms. The van der Waals surface area contributed by atoms with Crippen molar-refractivity contribution in [3.8, 4) is 0 Å². The Bertz CT molecular complexity index is 493. The molecular formula is C17H31N5O. The van der Waals surface area contributed by atoms with Gasteiger partial charge in [-0.25, -0.2) is 0 Å². The van der Waals surface area contributed by atoms with E-state index in [9.17, 15) is 0 Å². The van der Waals surface area contributed by atoms with Crippen molar-refractivity contribution in [1.29, 1.82) is 0 Å². The number of ether oxygens (including phenoxy) is 1. The Hall–Kier alpha value is -1.56. The van der Waals surface area contributed by atoms with Crippen LogP contribution in [0.1, 0.15) is 37.7 Å². The largest absolute Gasteiger partial charge is 0.385 e. The average Bonchev–Trinajstić information content (AvgIpc) is 2.93. The monoisotopic (exact) mass is 321 g/mol. The highest BCUT2D eigenvalue weighted by Crippen LogP contribution is 2.43. The van der Waals surface area contributed by atoms with Crippen LogP contribution in [0.25, 0.3) is 0 Å². The summed E-state index contributed by atoms with van der Waals surface area (Å²) in [6.07, 6.45) is 11.2. The van der Waals surface area contributed by atoms with Crippen molar-refractivity contribution in [1.82, 2.24) is 20.4 Å². The molecule has 0 atom stereocenters. The molecule has 0 amide bonds. The zero-order valence-corrected chi connectivity index (χ0v) is 14.8. The molecule has 1 aliphatic carbocycles. The second-order valence-electron chi connectivity index (χ2n) is 6.57. The van der Waals surface area contributed by atoms with Crippen molar-refractivity contribution in [2.75, 3.05) is 33.9 Å². The van der Waals surface area contributed by atoms with Gasteiger partial charge in [-0.05, 0) is 43.1 Å². The van der Waals surface area contributed by atoms with Crippen molar-refractivity contribution in [2.45, 2.75) is 38.5 Å². The Kier molecular flexibility index (Phi) is 6.89. The van der Waals surface area contributed by atoms with E-state index in [1.54, 1.807) is 7.11 Å². The number of guanidine groups is 1. The van der Waals surface area contributed by atoms with Gasteiger partial charge in [-0.15, -0.1) is 0 Å². The second-order valence-corrected chi connectivity index (χ2v) is 6.57. The van der Waals surface area contributed by atoms with Gasteiger partial charge in [0.2, 0.25) is 0 Å². The van der Waals surface area contributed by atoms with Crippen LogP contribution >= 0.6 is 0 Å². The summed E-state index contributed by atoms with van der Waals surface area (Å²) in [5, 5.41) is 11.1. The first kappa shape index (κ1) is 17.8. The third kappa shape index (κ3) is 5.53. The number of aromatic nitrogens is 2. The minimum Gasteiger partial charge on any atom is -0.385 e. The number of nitrogens with one attached hydrogen (secondary N) is 2. The van der Waals surface area contributed by atoms with Crippen molar-refractivity contribution in [3.05, 3.63) is 18.0 Å². The molecule has 0 saturated heterocycles. The van der Waals surface area contributed by atoms with E-state index < -0.39 is 0 Å². The van der Waals surface area contributed by atoms with E-state index in [2.05, 4.69) is 26.9 Å². The standard InChI is InChI=1S/C17H31N5O/c1-18-16(19-10-4-6-15-12-21-22(2)13-15)20-14-17(7-5-8-17)9-11-23-3/h12-13H,4-11,14H2,1-3H3,(H2,18,19,20). The second kappa shape index (κ2) is 8.91. The minimum absolute atomic E-state index is 0.406. The molecule has 0 aliphatic heterocycles. The molecule has 1 aliphatic rings. The van der Waals surface area contributed by atoms with Crippen LogP contribution in [0.2, 0.25) is 0 Å². The lowest BCUT2D eigenvalue weighted by Crippen LogP contribution is -2.47. The van der Waals surface area contributed by atoms with Crippen LogP contribution in [0.3, 0.4) is 0 Å². The smallest absolute Gasteiger partial charge is 0.190 e. The molecule has 1 saturated carbocycles. The first-order chi connectivity index (χ1) is 11.2. The Morgan fingerprint density at radius 3 is 2.83 bits per heavy atom. The van der Waals surface area contributed by atoms with Crippen LogP contribution in [-0.4, -0.2) is 49.6 Å². The normalized spacial score (nSPS) is 16.9. The van der Waals surface area contributed by atoms with Gasteiger partial charge in [0.1, 0.15) is 0 Å². The van der Waals surface area contributed by atoms with Crippen molar-refractivity contribution in [2.24, 2.45) is 17.5 Å². The highest BCUT2D eigenvalue weighted by Gasteiger charge is 2.36. The van der Waals surface area contributed by atoms with E-state index in [1.165, 1.54) is 24.8 Å². The molecule has 23 heavy (non-hydrogen) atoms. The number of methoxy groups -OCH3 is 1. The van der Waals surface area contributed by atoms with Crippen LogP contribution in [0, 0.1) is 5.41 Å². The van der Waals surface area contributed by atoms with Gasteiger partial charge in [-0.1, -0.05) is 6.42 Å². The zero-order valence-electron chi connectivity index (χ0n) is 14.8. The van der Waals surface area contributed by atoms with Crippen molar-refractivity contribution >= 4 is 5.96 Å². The van der Waals surface area contributed by atoms with Crippen LogP contribution in [0.4, 0.5) is 0 Å². The third-order valence-corrected chi connectivity index (χ3v) is 4.80. The number of aliphatic imine (C=N–C) groups is 1. The van der Waals surface area contributed by atoms with Gasteiger partial charge in [-0.3, -0.25) is 9.67 Å². The maximum Gasteiger partial charge on any atom is 0.190 e.